The second-order valence-corrected chi connectivity index (χ2v) is 7.66. The molecule has 1 aromatic heterocycles. The molecule has 1 heterocycles. The molecule has 0 aliphatic rings. The van der Waals surface area contributed by atoms with Crippen LogP contribution in [0.1, 0.15) is 10.6 Å². The molecular weight excluding hydrogens is 420 g/mol. The number of rotatable bonds is 6. The van der Waals surface area contributed by atoms with Crippen LogP contribution in [-0.4, -0.2) is 9.91 Å². The predicted octanol–water partition coefficient (Wildman–Crippen LogP) is 7.33. The first-order valence-electron chi connectivity index (χ1n) is 8.99. The van der Waals surface area contributed by atoms with Crippen molar-refractivity contribution >= 4 is 40.8 Å². The lowest BCUT2D eigenvalue weighted by Crippen LogP contribution is -1.87. The largest absolute Gasteiger partial charge is 0.457 e. The van der Waals surface area contributed by atoms with Crippen LogP contribution >= 0.6 is 22.9 Å². The molecule has 0 N–H and O–H groups in total. The lowest BCUT2D eigenvalue weighted by atomic mass is 10.1. The smallest absolute Gasteiger partial charge is 0.269 e. The van der Waals surface area contributed by atoms with Gasteiger partial charge in [-0.25, -0.2) is 4.98 Å². The summed E-state index contributed by atoms with van der Waals surface area (Å²) in [6, 6.07) is 21.3. The average Bonchev–Trinajstić information content (AvgIpc) is 3.23. The molecule has 0 saturated carbocycles. The molecule has 0 aliphatic carbocycles. The van der Waals surface area contributed by atoms with Gasteiger partial charge in [-0.1, -0.05) is 29.8 Å². The summed E-state index contributed by atoms with van der Waals surface area (Å²) in [6.07, 6.45) is 3.90. The van der Waals surface area contributed by atoms with Crippen LogP contribution in [0, 0.1) is 10.1 Å². The van der Waals surface area contributed by atoms with Crippen LogP contribution in [0.2, 0.25) is 5.02 Å². The Kier molecular flexibility index (Phi) is 5.88. The van der Waals surface area contributed by atoms with Crippen molar-refractivity contribution in [1.82, 2.24) is 4.98 Å². The quantitative estimate of drug-likeness (QED) is 0.235. The van der Waals surface area contributed by atoms with Crippen LogP contribution in [0.25, 0.3) is 23.4 Å². The predicted molar refractivity (Wildman–Crippen MR) is 121 cm³/mol. The Balaban J connectivity index is 1.46. The van der Waals surface area contributed by atoms with Gasteiger partial charge < -0.3 is 4.74 Å². The topological polar surface area (TPSA) is 65.3 Å². The number of ether oxygens (including phenoxy) is 1. The zero-order valence-electron chi connectivity index (χ0n) is 15.6. The van der Waals surface area contributed by atoms with Gasteiger partial charge in [0.25, 0.3) is 5.69 Å². The van der Waals surface area contributed by atoms with Crippen LogP contribution in [0.3, 0.4) is 0 Å². The summed E-state index contributed by atoms with van der Waals surface area (Å²) >= 11 is 7.41. The third-order valence-corrected chi connectivity index (χ3v) is 5.28. The first kappa shape index (κ1) is 19.8. The summed E-state index contributed by atoms with van der Waals surface area (Å²) < 4.78 is 5.86. The number of benzene rings is 3. The minimum atomic E-state index is -0.413. The molecular formula is C23H15ClN2O3S. The molecule has 0 bridgehead atoms. The van der Waals surface area contributed by atoms with Crippen LogP contribution in [0.5, 0.6) is 11.5 Å². The number of hydrogen-bond donors (Lipinski definition) is 0. The zero-order chi connectivity index (χ0) is 20.9. The molecule has 4 aromatic rings. The van der Waals surface area contributed by atoms with E-state index in [1.165, 1.54) is 23.5 Å². The second kappa shape index (κ2) is 8.90. The zero-order valence-corrected chi connectivity index (χ0v) is 17.1. The van der Waals surface area contributed by atoms with Crippen molar-refractivity contribution in [3.05, 3.63) is 104 Å². The summed E-state index contributed by atoms with van der Waals surface area (Å²) in [5.41, 5.74) is 2.67. The number of nitro benzene ring substituents is 1. The van der Waals surface area contributed by atoms with E-state index < -0.39 is 4.92 Å². The highest BCUT2D eigenvalue weighted by molar-refractivity contribution is 7.10. The lowest BCUT2D eigenvalue weighted by molar-refractivity contribution is -0.384. The van der Waals surface area contributed by atoms with Crippen molar-refractivity contribution in [2.24, 2.45) is 0 Å². The van der Waals surface area contributed by atoms with Gasteiger partial charge in [-0.05, 0) is 60.2 Å². The monoisotopic (exact) mass is 434 g/mol. The second-order valence-electron chi connectivity index (χ2n) is 6.34. The van der Waals surface area contributed by atoms with Gasteiger partial charge >= 0.3 is 0 Å². The van der Waals surface area contributed by atoms with Crippen molar-refractivity contribution < 1.29 is 9.66 Å². The summed E-state index contributed by atoms with van der Waals surface area (Å²) in [7, 11) is 0. The molecule has 0 radical (unpaired) electrons. The maximum Gasteiger partial charge on any atom is 0.269 e. The average molecular weight is 435 g/mol. The van der Waals surface area contributed by atoms with Gasteiger partial charge in [-0.2, -0.15) is 0 Å². The maximum absolute atomic E-state index is 10.8. The van der Waals surface area contributed by atoms with Crippen LogP contribution in [0.4, 0.5) is 5.69 Å². The molecule has 3 aromatic carbocycles. The Morgan fingerprint density at radius 1 is 0.967 bits per heavy atom. The molecule has 7 heteroatoms. The van der Waals surface area contributed by atoms with E-state index in [-0.39, 0.29) is 5.69 Å². The standard InChI is InChI=1S/C23H15ClN2O3S/c24-18-7-11-20(12-8-18)29-21-3-1-2-16(14-21)4-13-23-25-22(15-30-23)17-5-9-19(10-6-17)26(27)28/h1-15H/b13-4+. The Morgan fingerprint density at radius 2 is 1.73 bits per heavy atom. The fraction of sp³-hybridized carbons (Fsp3) is 0. The molecule has 0 unspecified atom stereocenters. The maximum atomic E-state index is 10.8. The molecule has 0 amide bonds. The van der Waals surface area contributed by atoms with Crippen molar-refractivity contribution in [3.63, 3.8) is 0 Å². The number of nitrogens with zero attached hydrogens (tertiary/aromatic N) is 2. The highest BCUT2D eigenvalue weighted by atomic mass is 35.5. The first-order chi connectivity index (χ1) is 14.6. The van der Waals surface area contributed by atoms with E-state index in [0.717, 1.165) is 27.6 Å². The Labute approximate surface area is 182 Å². The van der Waals surface area contributed by atoms with Crippen molar-refractivity contribution in [1.29, 1.82) is 0 Å². The minimum Gasteiger partial charge on any atom is -0.457 e. The first-order valence-corrected chi connectivity index (χ1v) is 10.2. The van der Waals surface area contributed by atoms with Crippen LogP contribution in [-0.2, 0) is 0 Å². The van der Waals surface area contributed by atoms with Crippen molar-refractivity contribution in [2.75, 3.05) is 0 Å². The number of aromatic nitrogens is 1. The van der Waals surface area contributed by atoms with Gasteiger partial charge in [0, 0.05) is 28.1 Å². The molecule has 4 rings (SSSR count). The van der Waals surface area contributed by atoms with Gasteiger partial charge in [0.05, 0.1) is 10.6 Å². The highest BCUT2D eigenvalue weighted by Crippen LogP contribution is 2.27. The third kappa shape index (κ3) is 4.92. The van der Waals surface area contributed by atoms with Crippen molar-refractivity contribution in [3.8, 4) is 22.8 Å². The summed E-state index contributed by atoms with van der Waals surface area (Å²) in [4.78, 5) is 15.0. The van der Waals surface area contributed by atoms with E-state index in [1.54, 1.807) is 24.3 Å². The SMILES string of the molecule is O=[N+]([O-])c1ccc(-c2csc(/C=C/c3cccc(Oc4ccc(Cl)cc4)c3)n2)cc1. The number of thiazole rings is 1. The highest BCUT2D eigenvalue weighted by Gasteiger charge is 2.07. The lowest BCUT2D eigenvalue weighted by Gasteiger charge is -2.06. The number of non-ortho nitro benzene ring substituents is 1. The molecule has 0 atom stereocenters. The van der Waals surface area contributed by atoms with Gasteiger partial charge in [0.2, 0.25) is 0 Å². The van der Waals surface area contributed by atoms with Gasteiger partial charge in [-0.15, -0.1) is 11.3 Å². The normalized spacial score (nSPS) is 11.0. The van der Waals surface area contributed by atoms with E-state index in [4.69, 9.17) is 16.3 Å². The van der Waals surface area contributed by atoms with E-state index in [2.05, 4.69) is 4.98 Å². The fourth-order valence-corrected chi connectivity index (χ4v) is 3.58. The van der Waals surface area contributed by atoms with Gasteiger partial charge in [0.1, 0.15) is 16.5 Å². The summed E-state index contributed by atoms with van der Waals surface area (Å²) in [6.45, 7) is 0. The fourth-order valence-electron chi connectivity index (χ4n) is 2.74. The third-order valence-electron chi connectivity index (χ3n) is 4.22. The van der Waals surface area contributed by atoms with Crippen LogP contribution in [0.15, 0.2) is 78.2 Å². The van der Waals surface area contributed by atoms with E-state index in [0.29, 0.717) is 10.8 Å². The molecule has 0 spiro atoms. The summed E-state index contributed by atoms with van der Waals surface area (Å²) in [5, 5.41) is 14.2. The molecule has 148 valence electrons. The van der Waals surface area contributed by atoms with E-state index in [1.807, 2.05) is 53.9 Å². The molecule has 0 saturated heterocycles. The number of hydrogen-bond acceptors (Lipinski definition) is 5. The molecule has 0 fully saturated rings. The molecule has 30 heavy (non-hydrogen) atoms. The van der Waals surface area contributed by atoms with E-state index >= 15 is 0 Å². The van der Waals surface area contributed by atoms with Gasteiger partial charge in [0.15, 0.2) is 0 Å². The molecule has 5 nitrogen and oxygen atoms in total. The Bertz CT molecular complexity index is 1200. The summed E-state index contributed by atoms with van der Waals surface area (Å²) in [5.74, 6) is 1.44. The minimum absolute atomic E-state index is 0.0646. The molecule has 0 aliphatic heterocycles. The van der Waals surface area contributed by atoms with Gasteiger partial charge in [-0.3, -0.25) is 10.1 Å². The number of halogens is 1. The Hall–Kier alpha value is -3.48. The Morgan fingerprint density at radius 3 is 2.47 bits per heavy atom. The van der Waals surface area contributed by atoms with Crippen molar-refractivity contribution in [2.45, 2.75) is 0 Å². The van der Waals surface area contributed by atoms with E-state index in [9.17, 15) is 10.1 Å². The van der Waals surface area contributed by atoms with Crippen LogP contribution < -0.4 is 4.74 Å². The number of nitro groups is 1.